The monoisotopic (exact) mass is 269 g/mol. The summed E-state index contributed by atoms with van der Waals surface area (Å²) in [5.41, 5.74) is 6.03. The molecule has 1 aliphatic carbocycles. The number of hydrogen-bond donors (Lipinski definition) is 1. The number of halogens is 1. The molecule has 2 rings (SSSR count). The Labute approximate surface area is 98.9 Å². The van der Waals surface area contributed by atoms with E-state index in [4.69, 9.17) is 10.5 Å². The van der Waals surface area contributed by atoms with Gasteiger partial charge in [0.1, 0.15) is 11.9 Å². The van der Waals surface area contributed by atoms with Crippen molar-refractivity contribution >= 4 is 15.9 Å². The highest BCUT2D eigenvalue weighted by atomic mass is 79.9. The molecule has 2 N–H and O–H groups in total. The van der Waals surface area contributed by atoms with Crippen LogP contribution >= 0.6 is 15.9 Å². The molecule has 2 unspecified atom stereocenters. The first-order chi connectivity index (χ1) is 7.25. The zero-order valence-corrected chi connectivity index (χ0v) is 10.2. The molecule has 0 aliphatic heterocycles. The smallest absolute Gasteiger partial charge is 0.120 e. The predicted octanol–water partition coefficient (Wildman–Crippen LogP) is 3.10. The van der Waals surface area contributed by atoms with Gasteiger partial charge in [-0.2, -0.15) is 0 Å². The van der Waals surface area contributed by atoms with E-state index in [1.807, 2.05) is 24.3 Å². The molecule has 0 saturated heterocycles. The Hall–Kier alpha value is -0.540. The quantitative estimate of drug-likeness (QED) is 0.896. The zero-order valence-electron chi connectivity index (χ0n) is 8.66. The number of benzene rings is 1. The molecule has 0 heterocycles. The van der Waals surface area contributed by atoms with Crippen molar-refractivity contribution in [3.8, 4) is 5.75 Å². The second kappa shape index (κ2) is 4.99. The molecule has 0 spiro atoms. The van der Waals surface area contributed by atoms with E-state index in [1.54, 1.807) is 0 Å². The Bertz CT molecular complexity index is 329. The molecule has 15 heavy (non-hydrogen) atoms. The summed E-state index contributed by atoms with van der Waals surface area (Å²) in [7, 11) is 0. The maximum absolute atomic E-state index is 6.03. The average Bonchev–Trinajstić information content (AvgIpc) is 2.22. The van der Waals surface area contributed by atoms with Crippen LogP contribution in [-0.4, -0.2) is 12.1 Å². The van der Waals surface area contributed by atoms with Crippen molar-refractivity contribution in [2.45, 2.75) is 37.8 Å². The van der Waals surface area contributed by atoms with Crippen LogP contribution in [0.15, 0.2) is 28.7 Å². The summed E-state index contributed by atoms with van der Waals surface area (Å²) >= 11 is 3.43. The number of rotatable bonds is 2. The summed E-state index contributed by atoms with van der Waals surface area (Å²) in [6.45, 7) is 0. The van der Waals surface area contributed by atoms with Crippen molar-refractivity contribution < 1.29 is 4.74 Å². The maximum atomic E-state index is 6.03. The SMILES string of the molecule is NC1CCCCC1Oc1cccc(Br)c1. The van der Waals surface area contributed by atoms with Crippen molar-refractivity contribution in [3.05, 3.63) is 28.7 Å². The lowest BCUT2D eigenvalue weighted by atomic mass is 9.93. The third-order valence-corrected chi connectivity index (χ3v) is 3.33. The molecular weight excluding hydrogens is 254 g/mol. The van der Waals surface area contributed by atoms with Gasteiger partial charge in [0.2, 0.25) is 0 Å². The fraction of sp³-hybridized carbons (Fsp3) is 0.500. The van der Waals surface area contributed by atoms with Crippen molar-refractivity contribution in [2.75, 3.05) is 0 Å². The zero-order chi connectivity index (χ0) is 10.7. The summed E-state index contributed by atoms with van der Waals surface area (Å²) in [5, 5.41) is 0. The molecule has 1 aromatic rings. The summed E-state index contributed by atoms with van der Waals surface area (Å²) in [4.78, 5) is 0. The molecule has 1 aliphatic rings. The highest BCUT2D eigenvalue weighted by molar-refractivity contribution is 9.10. The normalized spacial score (nSPS) is 26.3. The predicted molar refractivity (Wildman–Crippen MR) is 65.0 cm³/mol. The Morgan fingerprint density at radius 3 is 2.80 bits per heavy atom. The van der Waals surface area contributed by atoms with E-state index in [-0.39, 0.29) is 12.1 Å². The molecule has 82 valence electrons. The minimum absolute atomic E-state index is 0.188. The van der Waals surface area contributed by atoms with E-state index in [0.29, 0.717) is 0 Å². The van der Waals surface area contributed by atoms with Gasteiger partial charge in [-0.05, 0) is 37.5 Å². The van der Waals surface area contributed by atoms with E-state index in [2.05, 4.69) is 15.9 Å². The Morgan fingerprint density at radius 1 is 1.27 bits per heavy atom. The van der Waals surface area contributed by atoms with Crippen LogP contribution in [0.5, 0.6) is 5.75 Å². The van der Waals surface area contributed by atoms with Gasteiger partial charge in [0, 0.05) is 10.5 Å². The lowest BCUT2D eigenvalue weighted by Crippen LogP contribution is -2.41. The van der Waals surface area contributed by atoms with Crippen LogP contribution in [0.4, 0.5) is 0 Å². The van der Waals surface area contributed by atoms with Crippen molar-refractivity contribution in [1.82, 2.24) is 0 Å². The van der Waals surface area contributed by atoms with E-state index in [1.165, 1.54) is 12.8 Å². The van der Waals surface area contributed by atoms with Crippen LogP contribution in [0.25, 0.3) is 0 Å². The van der Waals surface area contributed by atoms with Gasteiger partial charge in [0.25, 0.3) is 0 Å². The maximum Gasteiger partial charge on any atom is 0.120 e. The van der Waals surface area contributed by atoms with Crippen LogP contribution in [0, 0.1) is 0 Å². The third kappa shape index (κ3) is 2.95. The number of nitrogens with two attached hydrogens (primary N) is 1. The largest absolute Gasteiger partial charge is 0.489 e. The fourth-order valence-corrected chi connectivity index (χ4v) is 2.37. The van der Waals surface area contributed by atoms with Crippen LogP contribution in [-0.2, 0) is 0 Å². The lowest BCUT2D eigenvalue weighted by molar-refractivity contribution is 0.132. The average molecular weight is 270 g/mol. The first-order valence-corrected chi connectivity index (χ1v) is 6.23. The topological polar surface area (TPSA) is 35.2 Å². The molecule has 2 nitrogen and oxygen atoms in total. The molecule has 0 amide bonds. The molecule has 1 saturated carbocycles. The fourth-order valence-electron chi connectivity index (χ4n) is 1.99. The first kappa shape index (κ1) is 11.0. The van der Waals surface area contributed by atoms with Gasteiger partial charge in [-0.1, -0.05) is 28.4 Å². The third-order valence-electron chi connectivity index (χ3n) is 2.84. The van der Waals surface area contributed by atoms with Gasteiger partial charge >= 0.3 is 0 Å². The molecule has 2 atom stereocenters. The van der Waals surface area contributed by atoms with E-state index in [9.17, 15) is 0 Å². The summed E-state index contributed by atoms with van der Waals surface area (Å²) in [6, 6.07) is 8.13. The van der Waals surface area contributed by atoms with E-state index in [0.717, 1.165) is 23.1 Å². The van der Waals surface area contributed by atoms with Crippen LogP contribution < -0.4 is 10.5 Å². The molecular formula is C12H16BrNO. The van der Waals surface area contributed by atoms with Gasteiger partial charge in [-0.3, -0.25) is 0 Å². The summed E-state index contributed by atoms with van der Waals surface area (Å²) in [5.74, 6) is 0.909. The second-order valence-corrected chi connectivity index (χ2v) is 4.98. The van der Waals surface area contributed by atoms with Crippen molar-refractivity contribution in [2.24, 2.45) is 5.73 Å². The second-order valence-electron chi connectivity index (χ2n) is 4.06. The van der Waals surface area contributed by atoms with Crippen molar-refractivity contribution in [1.29, 1.82) is 0 Å². The summed E-state index contributed by atoms with van der Waals surface area (Å²) < 4.78 is 6.94. The Morgan fingerprint density at radius 2 is 2.07 bits per heavy atom. The van der Waals surface area contributed by atoms with E-state index < -0.39 is 0 Å². The Kier molecular flexibility index (Phi) is 3.65. The van der Waals surface area contributed by atoms with Gasteiger partial charge < -0.3 is 10.5 Å². The van der Waals surface area contributed by atoms with E-state index >= 15 is 0 Å². The minimum atomic E-state index is 0.188. The van der Waals surface area contributed by atoms with Gasteiger partial charge in [0.15, 0.2) is 0 Å². The number of hydrogen-bond acceptors (Lipinski definition) is 2. The lowest BCUT2D eigenvalue weighted by Gasteiger charge is -2.29. The standard InChI is InChI=1S/C12H16BrNO/c13-9-4-3-5-10(8-9)15-12-7-2-1-6-11(12)14/h3-5,8,11-12H,1-2,6-7,14H2. The van der Waals surface area contributed by atoms with Gasteiger partial charge in [-0.15, -0.1) is 0 Å². The van der Waals surface area contributed by atoms with Gasteiger partial charge in [0.05, 0.1) is 0 Å². The van der Waals surface area contributed by atoms with Crippen LogP contribution in [0.3, 0.4) is 0 Å². The summed E-state index contributed by atoms with van der Waals surface area (Å²) in [6.07, 6.45) is 4.81. The number of ether oxygens (including phenoxy) is 1. The van der Waals surface area contributed by atoms with Gasteiger partial charge in [-0.25, -0.2) is 0 Å². The highest BCUT2D eigenvalue weighted by Crippen LogP contribution is 2.24. The molecule has 0 bridgehead atoms. The first-order valence-electron chi connectivity index (χ1n) is 5.43. The molecule has 1 aromatic carbocycles. The van der Waals surface area contributed by atoms with Crippen molar-refractivity contribution in [3.63, 3.8) is 0 Å². The minimum Gasteiger partial charge on any atom is -0.489 e. The Balaban J connectivity index is 2.01. The molecule has 3 heteroatoms. The molecule has 1 fully saturated rings. The highest BCUT2D eigenvalue weighted by Gasteiger charge is 2.23. The molecule has 0 radical (unpaired) electrons. The van der Waals surface area contributed by atoms with Crippen LogP contribution in [0.1, 0.15) is 25.7 Å². The molecule has 0 aromatic heterocycles. The van der Waals surface area contributed by atoms with Crippen LogP contribution in [0.2, 0.25) is 0 Å².